The standard InChI is InChI=1S/C33H32F2N6O2S.C5H10O2/c1-5-29(42)40-16-19(2)41-24(18-40)15-27(38-41)31-26(14-23(35)8-10-34)32-25(9-11-44-32)30(37-31)21-7-6-20-13-28(33(43)36-3)39(4)17-22(20)12-21;1-3-7-5-4-6-2/h5-12,14-15,19,28H,1,13,16-18H2,2-4H3,(H,36,43);3H,1,4-5H2,2H3/b10-8+,23-14?;. The van der Waals surface area contributed by atoms with E-state index in [2.05, 4.69) is 35.3 Å². The van der Waals surface area contributed by atoms with E-state index in [1.807, 2.05) is 47.1 Å². The minimum atomic E-state index is -0.749. The number of nitrogens with one attached hydrogen (secondary N) is 1. The molecule has 3 aromatic heterocycles. The Morgan fingerprint density at radius 2 is 1.94 bits per heavy atom. The summed E-state index contributed by atoms with van der Waals surface area (Å²) in [5.41, 5.74) is 6.15. The third kappa shape index (κ3) is 8.16. The number of allylic oxidation sites excluding steroid dienone is 2. The quantitative estimate of drug-likeness (QED) is 0.0854. The van der Waals surface area contributed by atoms with Crippen LogP contribution in [0.2, 0.25) is 0 Å². The topological polar surface area (TPSA) is 102 Å². The third-order valence-electron chi connectivity index (χ3n) is 8.86. The van der Waals surface area contributed by atoms with Crippen molar-refractivity contribution in [2.75, 3.05) is 41.0 Å². The molecule has 268 valence electrons. The van der Waals surface area contributed by atoms with Crippen molar-refractivity contribution in [3.05, 3.63) is 102 Å². The van der Waals surface area contributed by atoms with Gasteiger partial charge in [0, 0.05) is 54.5 Å². The average Bonchev–Trinajstić information content (AvgIpc) is 3.80. The van der Waals surface area contributed by atoms with Gasteiger partial charge in [0.2, 0.25) is 11.8 Å². The molecule has 2 amide bonds. The molecule has 4 aromatic rings. The second kappa shape index (κ2) is 16.8. The van der Waals surface area contributed by atoms with Gasteiger partial charge >= 0.3 is 0 Å². The predicted octanol–water partition coefficient (Wildman–Crippen LogP) is 6.61. The van der Waals surface area contributed by atoms with E-state index in [9.17, 15) is 18.4 Å². The second-order valence-corrected chi connectivity index (χ2v) is 13.1. The van der Waals surface area contributed by atoms with E-state index < -0.39 is 5.83 Å². The smallest absolute Gasteiger partial charge is 0.246 e. The lowest BCUT2D eigenvalue weighted by atomic mass is 9.91. The number of pyridine rings is 1. The molecule has 0 aliphatic carbocycles. The Morgan fingerprint density at radius 3 is 2.65 bits per heavy atom. The number of hydrogen-bond acceptors (Lipinski definition) is 8. The van der Waals surface area contributed by atoms with Crippen LogP contribution in [0.1, 0.15) is 35.3 Å². The lowest BCUT2D eigenvalue weighted by Crippen LogP contribution is -2.47. The fraction of sp³-hybridized carbons (Fsp3) is 0.316. The van der Waals surface area contributed by atoms with Crippen LogP contribution >= 0.6 is 11.3 Å². The highest BCUT2D eigenvalue weighted by Gasteiger charge is 2.30. The van der Waals surface area contributed by atoms with Crippen LogP contribution in [0.4, 0.5) is 8.78 Å². The number of likely N-dealkylation sites (N-methyl/N-ethyl adjacent to an activating group) is 2. The van der Waals surface area contributed by atoms with Gasteiger partial charge in [-0.05, 0) is 67.3 Å². The van der Waals surface area contributed by atoms with Crippen LogP contribution < -0.4 is 5.32 Å². The zero-order chi connectivity index (χ0) is 36.7. The van der Waals surface area contributed by atoms with E-state index in [-0.39, 0.29) is 30.2 Å². The van der Waals surface area contributed by atoms with Crippen molar-refractivity contribution >= 4 is 39.3 Å². The summed E-state index contributed by atoms with van der Waals surface area (Å²) in [5.74, 6) is -0.920. The first-order valence-electron chi connectivity index (χ1n) is 16.4. The van der Waals surface area contributed by atoms with Gasteiger partial charge in [0.25, 0.3) is 0 Å². The average molecular weight is 717 g/mol. The molecule has 13 heteroatoms. The Morgan fingerprint density at radius 1 is 1.14 bits per heavy atom. The number of methoxy groups -OCH3 is 1. The Balaban J connectivity index is 0.000000654. The van der Waals surface area contributed by atoms with Crippen molar-refractivity contribution in [2.24, 2.45) is 0 Å². The van der Waals surface area contributed by atoms with Gasteiger partial charge in [0.1, 0.15) is 23.8 Å². The van der Waals surface area contributed by atoms with E-state index in [1.165, 1.54) is 29.8 Å². The van der Waals surface area contributed by atoms with Gasteiger partial charge in [-0.15, -0.1) is 11.3 Å². The molecule has 0 saturated carbocycles. The number of amides is 2. The summed E-state index contributed by atoms with van der Waals surface area (Å²) in [4.78, 5) is 33.7. The summed E-state index contributed by atoms with van der Waals surface area (Å²) >= 11 is 1.45. The van der Waals surface area contributed by atoms with Crippen LogP contribution in [0, 0.1) is 0 Å². The number of halogens is 2. The molecule has 2 unspecified atom stereocenters. The number of rotatable bonds is 10. The molecule has 1 aromatic carbocycles. The summed E-state index contributed by atoms with van der Waals surface area (Å²) in [6.07, 6.45) is 5.53. The zero-order valence-corrected chi connectivity index (χ0v) is 30.0. The van der Waals surface area contributed by atoms with Crippen LogP contribution in [-0.2, 0) is 38.6 Å². The molecule has 0 bridgehead atoms. The number of ether oxygens (including phenoxy) is 2. The first kappa shape index (κ1) is 37.3. The highest BCUT2D eigenvalue weighted by Crippen LogP contribution is 2.40. The van der Waals surface area contributed by atoms with Crippen LogP contribution in [-0.4, -0.2) is 83.4 Å². The summed E-state index contributed by atoms with van der Waals surface area (Å²) in [5, 5.41) is 10.4. The summed E-state index contributed by atoms with van der Waals surface area (Å²) < 4.78 is 39.8. The molecule has 1 N–H and O–H groups in total. The van der Waals surface area contributed by atoms with E-state index in [1.54, 1.807) is 19.1 Å². The third-order valence-corrected chi connectivity index (χ3v) is 9.81. The normalized spacial score (nSPS) is 17.4. The summed E-state index contributed by atoms with van der Waals surface area (Å²) in [7, 11) is 5.22. The van der Waals surface area contributed by atoms with E-state index in [0.717, 1.165) is 44.2 Å². The number of carbonyl (C=O) groups excluding carboxylic acids is 2. The van der Waals surface area contributed by atoms with E-state index in [4.69, 9.17) is 14.8 Å². The van der Waals surface area contributed by atoms with Crippen LogP contribution in [0.25, 0.3) is 38.8 Å². The molecule has 2 aliphatic heterocycles. The van der Waals surface area contributed by atoms with Crippen LogP contribution in [0.5, 0.6) is 0 Å². The maximum atomic E-state index is 14.8. The lowest BCUT2D eigenvalue weighted by molar-refractivity contribution is -0.128. The van der Waals surface area contributed by atoms with Gasteiger partial charge in [-0.25, -0.2) is 13.8 Å². The molecule has 2 atom stereocenters. The molecule has 0 radical (unpaired) electrons. The number of benzene rings is 1. The number of hydrogen-bond donors (Lipinski definition) is 1. The highest BCUT2D eigenvalue weighted by atomic mass is 32.1. The van der Waals surface area contributed by atoms with Gasteiger partial charge in [0.15, 0.2) is 0 Å². The monoisotopic (exact) mass is 716 g/mol. The molecule has 2 aliphatic rings. The number of thiophene rings is 1. The first-order chi connectivity index (χ1) is 24.6. The number of fused-ring (bicyclic) bond motifs is 3. The number of aromatic nitrogens is 3. The van der Waals surface area contributed by atoms with Crippen molar-refractivity contribution in [3.63, 3.8) is 0 Å². The van der Waals surface area contributed by atoms with Crippen molar-refractivity contribution in [1.82, 2.24) is 29.9 Å². The Bertz CT molecular complexity index is 1990. The molecule has 10 nitrogen and oxygen atoms in total. The number of nitrogens with zero attached hydrogens (tertiary/aromatic N) is 5. The van der Waals surface area contributed by atoms with E-state index in [0.29, 0.717) is 56.2 Å². The van der Waals surface area contributed by atoms with Gasteiger partial charge in [-0.2, -0.15) is 5.10 Å². The molecular formula is C38H42F2N6O4S. The molecule has 51 heavy (non-hydrogen) atoms. The van der Waals surface area contributed by atoms with Crippen molar-refractivity contribution < 1.29 is 27.8 Å². The predicted molar refractivity (Wildman–Crippen MR) is 197 cm³/mol. The minimum absolute atomic E-state index is 0.0129. The fourth-order valence-corrected chi connectivity index (χ4v) is 7.29. The first-order valence-corrected chi connectivity index (χ1v) is 17.3. The molecule has 0 saturated heterocycles. The lowest BCUT2D eigenvalue weighted by Gasteiger charge is -2.33. The largest absolute Gasteiger partial charge is 0.499 e. The number of carbonyl (C=O) groups is 2. The molecule has 6 rings (SSSR count). The Kier molecular flexibility index (Phi) is 12.3. The molecule has 0 spiro atoms. The molecule has 5 heterocycles. The maximum Gasteiger partial charge on any atom is 0.246 e. The van der Waals surface area contributed by atoms with Gasteiger partial charge in [0.05, 0.1) is 49.2 Å². The van der Waals surface area contributed by atoms with Gasteiger partial charge in [-0.1, -0.05) is 25.3 Å². The maximum absolute atomic E-state index is 14.8. The molecule has 0 fully saturated rings. The summed E-state index contributed by atoms with van der Waals surface area (Å²) in [6, 6.07) is 9.67. The van der Waals surface area contributed by atoms with E-state index >= 15 is 0 Å². The van der Waals surface area contributed by atoms with Crippen LogP contribution in [0.3, 0.4) is 0 Å². The van der Waals surface area contributed by atoms with Crippen molar-refractivity contribution in [3.8, 4) is 22.6 Å². The SMILES string of the molecule is C=CC(=O)N1Cc2cc(-c3nc(-c4ccc5c(c4)CN(C)C(C(=O)NC)C5)c4ccsc4c3C=C(F)/C=C/F)nn2C(C)C1.C=COCCOC. The summed E-state index contributed by atoms with van der Waals surface area (Å²) in [6.45, 7) is 11.6. The Hall–Kier alpha value is -4.98. The van der Waals surface area contributed by atoms with Crippen molar-refractivity contribution in [1.29, 1.82) is 0 Å². The van der Waals surface area contributed by atoms with Gasteiger partial charge < -0.3 is 19.7 Å². The Labute approximate surface area is 300 Å². The second-order valence-electron chi connectivity index (χ2n) is 12.2. The van der Waals surface area contributed by atoms with Gasteiger partial charge in [-0.3, -0.25) is 19.2 Å². The molecular weight excluding hydrogens is 675 g/mol. The zero-order valence-electron chi connectivity index (χ0n) is 29.2. The van der Waals surface area contributed by atoms with Crippen molar-refractivity contribution in [2.45, 2.75) is 38.5 Å². The van der Waals surface area contributed by atoms with Crippen LogP contribution in [0.15, 0.2) is 79.4 Å². The highest BCUT2D eigenvalue weighted by molar-refractivity contribution is 7.17. The minimum Gasteiger partial charge on any atom is -0.499 e. The fourth-order valence-electron chi connectivity index (χ4n) is 6.38.